The molecular formula is C19H24F3N7O. The first-order chi connectivity index (χ1) is 14.2. The number of aryl methyl sites for hydroxylation is 1. The van der Waals surface area contributed by atoms with Gasteiger partial charge in [-0.3, -0.25) is 0 Å². The summed E-state index contributed by atoms with van der Waals surface area (Å²) in [7, 11) is 3.69. The van der Waals surface area contributed by atoms with Crippen molar-refractivity contribution in [1.29, 1.82) is 0 Å². The number of anilines is 3. The van der Waals surface area contributed by atoms with Gasteiger partial charge in [0.25, 0.3) is 0 Å². The fourth-order valence-electron chi connectivity index (χ4n) is 3.26. The first-order valence-electron chi connectivity index (χ1n) is 9.40. The molecule has 0 unspecified atom stereocenters. The average molecular weight is 423 g/mol. The van der Waals surface area contributed by atoms with Crippen LogP contribution < -0.4 is 21.1 Å². The Kier molecular flexibility index (Phi) is 6.18. The van der Waals surface area contributed by atoms with Gasteiger partial charge in [-0.2, -0.15) is 13.2 Å². The fraction of sp³-hybridized carbons (Fsp3) is 0.421. The van der Waals surface area contributed by atoms with Crippen LogP contribution in [0.4, 0.5) is 30.8 Å². The fourth-order valence-corrected chi connectivity index (χ4v) is 3.26. The molecule has 4 rings (SSSR count). The lowest BCUT2D eigenvalue weighted by Crippen LogP contribution is -2.31. The number of benzene rings is 1. The number of hydrogen-bond acceptors (Lipinski definition) is 7. The van der Waals surface area contributed by atoms with Gasteiger partial charge < -0.3 is 25.7 Å². The van der Waals surface area contributed by atoms with Crippen LogP contribution in [0.15, 0.2) is 24.5 Å². The molecule has 0 spiro atoms. The maximum atomic E-state index is 11.8. The Morgan fingerprint density at radius 3 is 2.23 bits per heavy atom. The van der Waals surface area contributed by atoms with Crippen LogP contribution in [0.5, 0.6) is 5.75 Å². The van der Waals surface area contributed by atoms with E-state index in [-0.39, 0.29) is 5.95 Å². The molecule has 1 aromatic carbocycles. The first-order valence-corrected chi connectivity index (χ1v) is 9.40. The topological polar surface area (TPSA) is 108 Å². The lowest BCUT2D eigenvalue weighted by molar-refractivity contribution is -0.138. The largest absolute Gasteiger partial charge is 0.495 e. The Hall–Kier alpha value is -3.24. The van der Waals surface area contributed by atoms with Gasteiger partial charge in [0.1, 0.15) is 5.75 Å². The summed E-state index contributed by atoms with van der Waals surface area (Å²) in [6.07, 6.45) is 0.697. The molecule has 0 amide bonds. The molecule has 3 aromatic rings. The molecule has 162 valence electrons. The molecule has 3 heterocycles. The van der Waals surface area contributed by atoms with E-state index in [0.717, 1.165) is 30.1 Å². The molecule has 2 aromatic heterocycles. The highest BCUT2D eigenvalue weighted by Crippen LogP contribution is 2.31. The molecule has 0 saturated carbocycles. The van der Waals surface area contributed by atoms with Gasteiger partial charge in [0.15, 0.2) is 0 Å². The van der Waals surface area contributed by atoms with Gasteiger partial charge in [-0.1, -0.05) is 0 Å². The number of alkyl halides is 3. The number of nitrogens with zero attached hydrogens (tertiary/aromatic N) is 5. The molecule has 1 aliphatic heterocycles. The lowest BCUT2D eigenvalue weighted by Gasteiger charge is -2.27. The third-order valence-electron chi connectivity index (χ3n) is 4.85. The monoisotopic (exact) mass is 423 g/mol. The number of nitrogen functional groups attached to an aromatic ring is 2. The number of hydrogen-bond donors (Lipinski definition) is 2. The number of imidazole rings is 1. The Labute approximate surface area is 171 Å². The number of aromatic nitrogens is 4. The third-order valence-corrected chi connectivity index (χ3v) is 4.85. The smallest absolute Gasteiger partial charge is 0.419 e. The van der Waals surface area contributed by atoms with Gasteiger partial charge in [-0.25, -0.2) is 15.0 Å². The van der Waals surface area contributed by atoms with E-state index >= 15 is 0 Å². The summed E-state index contributed by atoms with van der Waals surface area (Å²) < 4.78 is 42.8. The molecule has 0 radical (unpaired) electrons. The van der Waals surface area contributed by atoms with Crippen molar-refractivity contribution in [1.82, 2.24) is 19.5 Å². The normalized spacial score (nSPS) is 14.4. The second kappa shape index (κ2) is 8.64. The van der Waals surface area contributed by atoms with Crippen molar-refractivity contribution in [3.05, 3.63) is 30.1 Å². The summed E-state index contributed by atoms with van der Waals surface area (Å²) in [6, 6.07) is 3.85. The average Bonchev–Trinajstić information content (AvgIpc) is 3.03. The molecule has 0 bridgehead atoms. The van der Waals surface area contributed by atoms with Gasteiger partial charge >= 0.3 is 6.18 Å². The highest BCUT2D eigenvalue weighted by molar-refractivity contribution is 5.85. The van der Waals surface area contributed by atoms with E-state index in [1.807, 2.05) is 12.1 Å². The summed E-state index contributed by atoms with van der Waals surface area (Å²) in [4.78, 5) is 13.5. The highest BCUT2D eigenvalue weighted by Gasteiger charge is 2.31. The van der Waals surface area contributed by atoms with Gasteiger partial charge in [0, 0.05) is 38.6 Å². The molecule has 1 saturated heterocycles. The second-order valence-corrected chi connectivity index (χ2v) is 6.93. The quantitative estimate of drug-likeness (QED) is 0.609. The Morgan fingerprint density at radius 2 is 1.67 bits per heavy atom. The number of fused-ring (bicyclic) bond motifs is 1. The first kappa shape index (κ1) is 21.5. The van der Waals surface area contributed by atoms with Crippen LogP contribution in [-0.4, -0.2) is 39.7 Å². The molecule has 0 atom stereocenters. The summed E-state index contributed by atoms with van der Waals surface area (Å²) in [5, 5.41) is 0. The second-order valence-electron chi connectivity index (χ2n) is 6.93. The zero-order chi connectivity index (χ0) is 21.9. The van der Waals surface area contributed by atoms with E-state index < -0.39 is 11.7 Å². The minimum absolute atomic E-state index is 0.169. The van der Waals surface area contributed by atoms with E-state index in [9.17, 15) is 13.2 Å². The van der Waals surface area contributed by atoms with Crippen LogP contribution in [0.1, 0.15) is 24.8 Å². The van der Waals surface area contributed by atoms with Crippen molar-refractivity contribution in [2.75, 3.05) is 36.6 Å². The number of halogens is 3. The van der Waals surface area contributed by atoms with E-state index in [2.05, 4.69) is 26.5 Å². The molecule has 4 N–H and O–H groups in total. The highest BCUT2D eigenvalue weighted by atomic mass is 19.4. The molecular weight excluding hydrogens is 399 g/mol. The Balaban J connectivity index is 0.000000199. The van der Waals surface area contributed by atoms with Crippen molar-refractivity contribution in [3.8, 4) is 5.75 Å². The molecule has 8 nitrogen and oxygen atoms in total. The van der Waals surface area contributed by atoms with Crippen LogP contribution in [0.3, 0.4) is 0 Å². The van der Waals surface area contributed by atoms with E-state index in [0.29, 0.717) is 23.8 Å². The summed E-state index contributed by atoms with van der Waals surface area (Å²) in [5.74, 6) is 1.57. The van der Waals surface area contributed by atoms with Crippen LogP contribution in [0.25, 0.3) is 11.0 Å². The standard InChI is InChI=1S/C14H20N4O.C5H4F3N3/c1-17-12-9-13(19-2)10(15)8-11(12)16-14(17)18-6-4-3-5-7-18;6-5(7,8)3-1-10-4(9)11-2-3/h8-9H,3-7,15H2,1-2H3;1-2H,(H2,9,10,11). The van der Waals surface area contributed by atoms with Crippen molar-refractivity contribution in [3.63, 3.8) is 0 Å². The van der Waals surface area contributed by atoms with Crippen LogP contribution in [-0.2, 0) is 13.2 Å². The molecule has 1 fully saturated rings. The van der Waals surface area contributed by atoms with Crippen LogP contribution in [0.2, 0.25) is 0 Å². The van der Waals surface area contributed by atoms with Gasteiger partial charge in [0.05, 0.1) is 29.4 Å². The van der Waals surface area contributed by atoms with E-state index in [4.69, 9.17) is 21.2 Å². The van der Waals surface area contributed by atoms with Crippen molar-refractivity contribution in [2.45, 2.75) is 25.4 Å². The Bertz CT molecular complexity index is 996. The van der Waals surface area contributed by atoms with Crippen molar-refractivity contribution in [2.24, 2.45) is 7.05 Å². The summed E-state index contributed by atoms with van der Waals surface area (Å²) in [6.45, 7) is 2.17. The summed E-state index contributed by atoms with van der Waals surface area (Å²) >= 11 is 0. The summed E-state index contributed by atoms with van der Waals surface area (Å²) in [5.41, 5.74) is 12.7. The van der Waals surface area contributed by atoms with Crippen molar-refractivity contribution >= 4 is 28.6 Å². The van der Waals surface area contributed by atoms with Crippen LogP contribution in [0, 0.1) is 0 Å². The minimum atomic E-state index is -4.40. The van der Waals surface area contributed by atoms with Crippen molar-refractivity contribution < 1.29 is 17.9 Å². The van der Waals surface area contributed by atoms with E-state index in [1.54, 1.807) is 7.11 Å². The van der Waals surface area contributed by atoms with Crippen LogP contribution >= 0.6 is 0 Å². The zero-order valence-corrected chi connectivity index (χ0v) is 16.8. The van der Waals surface area contributed by atoms with Gasteiger partial charge in [0.2, 0.25) is 11.9 Å². The maximum absolute atomic E-state index is 11.8. The van der Waals surface area contributed by atoms with Gasteiger partial charge in [-0.15, -0.1) is 0 Å². The van der Waals surface area contributed by atoms with Gasteiger partial charge in [-0.05, 0) is 25.3 Å². The molecule has 11 heteroatoms. The SMILES string of the molecule is COc1cc2c(cc1N)nc(N1CCCCC1)n2C.Nc1ncc(C(F)(F)F)cn1. The number of nitrogens with two attached hydrogens (primary N) is 2. The molecule has 1 aliphatic rings. The number of piperidine rings is 1. The predicted octanol–water partition coefficient (Wildman–Crippen LogP) is 3.23. The molecule has 30 heavy (non-hydrogen) atoms. The zero-order valence-electron chi connectivity index (χ0n) is 16.8. The minimum Gasteiger partial charge on any atom is -0.495 e. The number of rotatable bonds is 2. The Morgan fingerprint density at radius 1 is 1.03 bits per heavy atom. The predicted molar refractivity (Wildman–Crippen MR) is 109 cm³/mol. The maximum Gasteiger partial charge on any atom is 0.419 e. The number of methoxy groups -OCH3 is 1. The van der Waals surface area contributed by atoms with E-state index in [1.165, 1.54) is 19.3 Å². The third kappa shape index (κ3) is 4.66. The lowest BCUT2D eigenvalue weighted by atomic mass is 10.1. The molecule has 0 aliphatic carbocycles. The number of ether oxygens (including phenoxy) is 1.